The molecule has 23 heteroatoms. The Balaban J connectivity index is 0.000000214. The molecule has 0 bridgehead atoms. The molecule has 2 aromatic rings. The van der Waals surface area contributed by atoms with E-state index >= 15 is 8.78 Å². The number of Topliss-reactive ketones (excluding diaryl/α,β-unsaturated/α-hetero) is 2. The summed E-state index contributed by atoms with van der Waals surface area (Å²) in [7, 11) is 0. The monoisotopic (exact) mass is 1180 g/mol. The van der Waals surface area contributed by atoms with Gasteiger partial charge in [-0.15, -0.1) is 0 Å². The summed E-state index contributed by atoms with van der Waals surface area (Å²) < 4.78 is 38.9. The van der Waals surface area contributed by atoms with E-state index in [9.17, 15) is 50.1 Å². The van der Waals surface area contributed by atoms with E-state index in [2.05, 4.69) is 50.0 Å². The summed E-state index contributed by atoms with van der Waals surface area (Å²) in [5.41, 5.74) is -3.86. The number of hydrogen-bond acceptors (Lipinski definition) is 14. The summed E-state index contributed by atoms with van der Waals surface area (Å²) in [6.45, 7) is 8.87. The number of halogens is 3. The Morgan fingerprint density at radius 2 is 1.26 bits per heavy atom. The molecule has 9 fully saturated rings. The van der Waals surface area contributed by atoms with Crippen molar-refractivity contribution in [3.63, 3.8) is 0 Å². The van der Waals surface area contributed by atoms with Gasteiger partial charge < -0.3 is 26.5 Å². The van der Waals surface area contributed by atoms with Crippen molar-refractivity contribution in [2.75, 3.05) is 11.9 Å². The molecule has 1 aliphatic heterocycles. The van der Waals surface area contributed by atoms with Crippen LogP contribution in [0.1, 0.15) is 158 Å². The molecule has 0 amide bonds. The number of nitrogens with zero attached hydrogens (tertiary/aromatic N) is 5. The molecule has 0 aromatic carbocycles. The topological polar surface area (TPSA) is 266 Å². The van der Waals surface area contributed by atoms with Crippen molar-refractivity contribution in [2.45, 2.75) is 191 Å². The number of alkyl halides is 3. The van der Waals surface area contributed by atoms with Crippen molar-refractivity contribution in [3.05, 3.63) is 45.0 Å². The minimum atomic E-state index is -1.18. The van der Waals surface area contributed by atoms with E-state index in [1.807, 2.05) is 13.8 Å². The van der Waals surface area contributed by atoms with Gasteiger partial charge in [0.15, 0.2) is 11.9 Å². The number of aromatic amines is 1. The predicted molar refractivity (Wildman–Crippen MR) is 267 cm³/mol. The maximum absolute atomic E-state index is 16.4. The van der Waals surface area contributed by atoms with Crippen LogP contribution in [0.5, 0.6) is 0 Å². The molecule has 8 saturated carbocycles. The number of ether oxygens (including phenoxy) is 1. The van der Waals surface area contributed by atoms with Crippen molar-refractivity contribution in [1.82, 2.24) is 20.0 Å². The molecule has 76 heavy (non-hydrogen) atoms. The summed E-state index contributed by atoms with van der Waals surface area (Å²) in [5, 5.41) is 61.3. The molecule has 17 atom stereocenters. The fraction of sp³-hybridized carbons (Fsp3) is 0.830. The molecule has 3 heterocycles. The molecule has 1 unspecified atom stereocenters. The second-order valence-electron chi connectivity index (χ2n) is 24.7. The van der Waals surface area contributed by atoms with Crippen LogP contribution in [0.25, 0.3) is 0 Å². The molecule has 2 aromatic heterocycles. The van der Waals surface area contributed by atoms with Gasteiger partial charge in [0, 0.05) is 18.4 Å². The molecule has 0 spiro atoms. The maximum atomic E-state index is 16.4. The molecular formula is C53H77BrF2K2N6O12. The molecule has 0 radical (unpaired) electrons. The van der Waals surface area contributed by atoms with Gasteiger partial charge >= 0.3 is 120 Å². The number of H-pyrrole nitrogens is 1. The average Bonchev–Trinajstić information content (AvgIpc) is 4.22. The fourth-order valence-electron chi connectivity index (χ4n) is 17.1. The molecule has 9 aliphatic rings. The van der Waals surface area contributed by atoms with E-state index in [-0.39, 0.29) is 174 Å². The number of carbonyl (C=O) groups is 3. The minimum absolute atomic E-state index is 0. The Bertz CT molecular complexity index is 2370. The minimum Gasteiger partial charge on any atom is -1.00 e. The van der Waals surface area contributed by atoms with Gasteiger partial charge in [-0.2, -0.15) is 10.2 Å². The molecular weight excluding hydrogens is 1110 g/mol. The average molecular weight is 1190 g/mol. The van der Waals surface area contributed by atoms with Crippen LogP contribution in [0.3, 0.4) is 0 Å². The van der Waals surface area contributed by atoms with Crippen LogP contribution in [-0.4, -0.2) is 98.2 Å². The molecule has 11 rings (SSSR count). The third kappa shape index (κ3) is 13.3. The summed E-state index contributed by atoms with van der Waals surface area (Å²) in [6.07, 6.45) is 20.3. The van der Waals surface area contributed by atoms with Crippen molar-refractivity contribution >= 4 is 44.8 Å². The summed E-state index contributed by atoms with van der Waals surface area (Å²) in [5.74, 6) is 1.48. The summed E-state index contributed by atoms with van der Waals surface area (Å²) >= 11 is 3.37. The third-order valence-electron chi connectivity index (χ3n) is 20.7. The fourth-order valence-corrected chi connectivity index (χ4v) is 17.5. The van der Waals surface area contributed by atoms with Gasteiger partial charge in [-0.3, -0.25) is 39.6 Å². The third-order valence-corrected chi connectivity index (χ3v) is 21.2. The number of aliphatic hydroxyl groups is 2. The number of ketones is 2. The van der Waals surface area contributed by atoms with Crippen LogP contribution >= 0.6 is 15.9 Å². The number of carbonyl (C=O) groups excluding carboxylic acids is 3. The van der Waals surface area contributed by atoms with E-state index in [0.29, 0.717) is 86.3 Å². The van der Waals surface area contributed by atoms with Gasteiger partial charge in [-0.1, -0.05) is 29.8 Å². The van der Waals surface area contributed by atoms with Gasteiger partial charge in [0.25, 0.3) is 0 Å². The number of hydrogen-bond donors (Lipinski definition) is 3. The first-order chi connectivity index (χ1) is 34.9. The van der Waals surface area contributed by atoms with Crippen LogP contribution in [0.2, 0.25) is 0 Å². The van der Waals surface area contributed by atoms with Gasteiger partial charge in [-0.05, 0) is 200 Å². The molecule has 18 nitrogen and oxygen atoms in total. The normalized spacial score (nSPS) is 41.4. The molecule has 3 N–H and O–H groups in total. The van der Waals surface area contributed by atoms with Gasteiger partial charge in [0.1, 0.15) is 42.3 Å². The zero-order chi connectivity index (χ0) is 53.6. The van der Waals surface area contributed by atoms with Crippen molar-refractivity contribution < 1.29 is 162 Å². The number of nitrogens with one attached hydrogen (secondary N) is 1. The van der Waals surface area contributed by atoms with Gasteiger partial charge in [0.05, 0.1) is 32.6 Å². The zero-order valence-corrected chi connectivity index (χ0v) is 53.1. The van der Waals surface area contributed by atoms with E-state index in [4.69, 9.17) is 4.74 Å². The van der Waals surface area contributed by atoms with Gasteiger partial charge in [0.2, 0.25) is 0 Å². The second-order valence-corrected chi connectivity index (χ2v) is 25.3. The largest absolute Gasteiger partial charge is 1.00 e. The number of aromatic nitrogens is 4. The quantitative estimate of drug-likeness (QED) is 0.113. The zero-order valence-electron chi connectivity index (χ0n) is 46.3. The molecule has 1 saturated heterocycles. The molecule has 8 aliphatic carbocycles. The van der Waals surface area contributed by atoms with Crippen LogP contribution < -0.4 is 108 Å². The Morgan fingerprint density at radius 1 is 0.750 bits per heavy atom. The first-order valence-corrected chi connectivity index (χ1v) is 28.2. The van der Waals surface area contributed by atoms with Crippen LogP contribution in [-0.2, 0) is 30.6 Å². The van der Waals surface area contributed by atoms with Crippen molar-refractivity contribution in [2.24, 2.45) is 70.0 Å². The van der Waals surface area contributed by atoms with Crippen molar-refractivity contribution in [3.8, 4) is 0 Å². The Hall–Kier alpha value is -0.517. The Labute approximate surface area is 538 Å². The van der Waals surface area contributed by atoms with Crippen LogP contribution in [0.4, 0.5) is 20.2 Å². The number of nitro groups is 2. The van der Waals surface area contributed by atoms with Crippen molar-refractivity contribution in [1.29, 1.82) is 0 Å². The molecule has 414 valence electrons. The first-order valence-electron chi connectivity index (χ1n) is 27.1. The van der Waals surface area contributed by atoms with Crippen LogP contribution in [0.15, 0.2) is 24.8 Å². The number of rotatable bonds is 8. The van der Waals surface area contributed by atoms with E-state index in [1.165, 1.54) is 23.3 Å². The van der Waals surface area contributed by atoms with E-state index in [1.54, 1.807) is 0 Å². The Morgan fingerprint density at radius 3 is 1.67 bits per heavy atom. The SMILES string of the molecule is C[C@@]1(O)CC[C@@]2(F)[C@H](CC[C@H]3[C@@H]4CC[C@H](C(=O)CBr)[C@@]4(C)CC[C@@H]32)C1.C[C@@]1(O)CC[C@@]2(F)[C@H](CC[C@H]3[C@@H]4CC[C@H](C(=O)Cn5cc([N+](=O)[O-])cn5)[C@@]4(C)CC[C@@H]32)C1.O=C(O[O-])C1CCCO1.O=[N+]([O-])c1cn[nH]c1.[H-].[K+].[K+]. The smallest absolute Gasteiger partial charge is 1.00 e. The summed E-state index contributed by atoms with van der Waals surface area (Å²) in [4.78, 5) is 59.0. The standard InChI is InChI=1S/C24H34FN3O4.C21H32BrFO2.C5H8O4.C3H3N3O2.2K.H/c1-22(30)9-10-24(25)15(11-22)3-4-17-18-5-6-20(23(18,2)8-7-19(17)24)21(29)14-27-13-16(12-26-27)28(31)32;1-19(25)9-10-21(23)13(11-19)3-4-14-15-5-6-17(18(24)12-22)20(15,2)8-7-16(14)21;6-5(9-7)4-2-1-3-8-4;7-6(8)3-1-4-5-2-3;;;/h12-13,15,17-20,30H,3-11,14H2,1-2H3;13-17,25H,3-12H2,1-2H3;4,7H,1-3H2;1-2H,(H,4,5);;;/q;;;;2*+1;-1/p-1/t15-,17+,18+,19+,20-,22-,23+,24-;13-,14+,15+,16+,17-,19-,20+,21-;;;;;/m11...../s1. The maximum Gasteiger partial charge on any atom is 1.00 e. The predicted octanol–water partition coefficient (Wildman–Crippen LogP) is 2.96. The number of fused-ring (bicyclic) bond motifs is 10. The second kappa shape index (κ2) is 26.0. The van der Waals surface area contributed by atoms with Gasteiger partial charge in [-0.25, -0.2) is 13.6 Å². The Kier molecular flexibility index (Phi) is 22.1. The summed E-state index contributed by atoms with van der Waals surface area (Å²) in [6, 6.07) is 0. The van der Waals surface area contributed by atoms with Crippen LogP contribution in [0, 0.1) is 90.2 Å². The van der Waals surface area contributed by atoms with E-state index < -0.39 is 44.5 Å². The first kappa shape index (κ1) is 64.6. The van der Waals surface area contributed by atoms with E-state index in [0.717, 1.165) is 89.7 Å².